The summed E-state index contributed by atoms with van der Waals surface area (Å²) in [7, 11) is 0. The number of hydrogen-bond donors (Lipinski definition) is 2. The summed E-state index contributed by atoms with van der Waals surface area (Å²) >= 11 is 3.20. The average Bonchev–Trinajstić information content (AvgIpc) is 2.42. The Morgan fingerprint density at radius 1 is 1.50 bits per heavy atom. The molecule has 1 atom stereocenters. The maximum Gasteiger partial charge on any atom is 0.226 e. The summed E-state index contributed by atoms with van der Waals surface area (Å²) in [6.45, 7) is 1.77. The van der Waals surface area contributed by atoms with Crippen LogP contribution in [0.15, 0.2) is 22.7 Å². The highest BCUT2D eigenvalue weighted by Crippen LogP contribution is 2.22. The van der Waals surface area contributed by atoms with Crippen molar-refractivity contribution in [3.8, 4) is 0 Å². The molecule has 6 heteroatoms. The Hall–Kier alpha value is -0.980. The van der Waals surface area contributed by atoms with E-state index in [4.69, 9.17) is 10.5 Å². The molecule has 3 N–H and O–H groups in total. The lowest BCUT2D eigenvalue weighted by Gasteiger charge is -2.25. The second-order valence-corrected chi connectivity index (χ2v) is 5.83. The number of carbonyl (C=O) groups is 1. The van der Waals surface area contributed by atoms with Gasteiger partial charge in [0.15, 0.2) is 0 Å². The van der Waals surface area contributed by atoms with Crippen molar-refractivity contribution in [2.24, 2.45) is 5.73 Å². The van der Waals surface area contributed by atoms with Crippen LogP contribution < -0.4 is 11.1 Å². The Morgan fingerprint density at radius 3 is 2.80 bits per heavy atom. The first-order valence-corrected chi connectivity index (χ1v) is 7.42. The predicted molar refractivity (Wildman–Crippen MR) is 77.9 cm³/mol. The number of nitrogens with one attached hydrogen (secondary N) is 1. The molecule has 1 aliphatic rings. The Balaban J connectivity index is 2.04. The van der Waals surface area contributed by atoms with Crippen LogP contribution in [0.3, 0.4) is 0 Å². The lowest BCUT2D eigenvalue weighted by molar-refractivity contribution is -0.119. The van der Waals surface area contributed by atoms with Crippen LogP contribution in [0.4, 0.5) is 4.39 Å². The molecule has 0 saturated carbocycles. The van der Waals surface area contributed by atoms with Gasteiger partial charge in [0.2, 0.25) is 5.91 Å². The van der Waals surface area contributed by atoms with Crippen LogP contribution in [-0.4, -0.2) is 31.7 Å². The Labute approximate surface area is 126 Å². The summed E-state index contributed by atoms with van der Waals surface area (Å²) in [6, 6.07) is 4.95. The van der Waals surface area contributed by atoms with E-state index >= 15 is 0 Å². The van der Waals surface area contributed by atoms with E-state index in [2.05, 4.69) is 21.2 Å². The molecule has 1 aromatic rings. The van der Waals surface area contributed by atoms with Gasteiger partial charge in [0, 0.05) is 35.8 Å². The fraction of sp³-hybridized carbons (Fsp3) is 0.500. The number of carbonyl (C=O) groups excluding carboxylic acids is 1. The summed E-state index contributed by atoms with van der Waals surface area (Å²) in [5.41, 5.74) is 5.74. The normalized spacial score (nSPS) is 17.9. The minimum absolute atomic E-state index is 0.295. The summed E-state index contributed by atoms with van der Waals surface area (Å²) in [5, 5.41) is 3.28. The minimum Gasteiger partial charge on any atom is -0.381 e. The zero-order valence-corrected chi connectivity index (χ0v) is 12.7. The quantitative estimate of drug-likeness (QED) is 0.857. The van der Waals surface area contributed by atoms with Crippen LogP contribution >= 0.6 is 15.9 Å². The van der Waals surface area contributed by atoms with Gasteiger partial charge in [-0.05, 0) is 25.0 Å². The number of primary amides is 1. The molecule has 20 heavy (non-hydrogen) atoms. The molecular weight excluding hydrogens is 327 g/mol. The third-order valence-electron chi connectivity index (χ3n) is 3.51. The van der Waals surface area contributed by atoms with Crippen LogP contribution in [0.2, 0.25) is 0 Å². The Morgan fingerprint density at radius 2 is 2.20 bits per heavy atom. The van der Waals surface area contributed by atoms with Crippen molar-refractivity contribution >= 4 is 21.8 Å². The molecule has 1 amide bonds. The van der Waals surface area contributed by atoms with Crippen molar-refractivity contribution in [3.05, 3.63) is 34.1 Å². The lowest BCUT2D eigenvalue weighted by Crippen LogP contribution is -2.40. The molecule has 1 saturated heterocycles. The molecule has 2 rings (SSSR count). The minimum atomic E-state index is -0.661. The highest BCUT2D eigenvalue weighted by Gasteiger charge is 2.23. The topological polar surface area (TPSA) is 64.4 Å². The molecule has 4 nitrogen and oxygen atoms in total. The number of ether oxygens (including phenoxy) is 1. The second kappa shape index (κ2) is 7.15. The van der Waals surface area contributed by atoms with Gasteiger partial charge in [-0.3, -0.25) is 4.79 Å². The van der Waals surface area contributed by atoms with Crippen molar-refractivity contribution in [3.63, 3.8) is 0 Å². The third kappa shape index (κ3) is 4.01. The van der Waals surface area contributed by atoms with E-state index in [0.717, 1.165) is 12.8 Å². The fourth-order valence-corrected chi connectivity index (χ4v) is 2.67. The highest BCUT2D eigenvalue weighted by molar-refractivity contribution is 9.10. The van der Waals surface area contributed by atoms with Gasteiger partial charge in [0.1, 0.15) is 5.82 Å². The van der Waals surface area contributed by atoms with Crippen molar-refractivity contribution in [1.82, 2.24) is 5.32 Å². The highest BCUT2D eigenvalue weighted by atomic mass is 79.9. The van der Waals surface area contributed by atoms with Crippen LogP contribution in [0.5, 0.6) is 0 Å². The summed E-state index contributed by atoms with van der Waals surface area (Å²) in [5.74, 6) is -1.60. The SMILES string of the molecule is NC(=O)[C@H](CNC1CCOCC1)c1ccc(Br)cc1F. The fourth-order valence-electron chi connectivity index (χ4n) is 2.33. The van der Waals surface area contributed by atoms with Gasteiger partial charge in [-0.25, -0.2) is 4.39 Å². The van der Waals surface area contributed by atoms with Crippen LogP contribution in [0.1, 0.15) is 24.3 Å². The molecule has 1 heterocycles. The molecule has 0 bridgehead atoms. The number of benzene rings is 1. The van der Waals surface area contributed by atoms with Gasteiger partial charge in [0.25, 0.3) is 0 Å². The molecule has 0 unspecified atom stereocenters. The molecule has 0 spiro atoms. The molecule has 0 aromatic heterocycles. The Kier molecular flexibility index (Phi) is 5.51. The standard InChI is InChI=1S/C14H18BrFN2O2/c15-9-1-2-11(13(16)7-9)12(14(17)19)8-18-10-3-5-20-6-4-10/h1-2,7,10,12,18H,3-6,8H2,(H2,17,19)/t12-/m1/s1. The van der Waals surface area contributed by atoms with E-state index in [-0.39, 0.29) is 0 Å². The smallest absolute Gasteiger partial charge is 0.226 e. The molecule has 1 fully saturated rings. The van der Waals surface area contributed by atoms with Gasteiger partial charge in [-0.1, -0.05) is 22.0 Å². The number of halogens is 2. The van der Waals surface area contributed by atoms with Gasteiger partial charge < -0.3 is 15.8 Å². The monoisotopic (exact) mass is 344 g/mol. The first-order chi connectivity index (χ1) is 9.58. The third-order valence-corrected chi connectivity index (χ3v) is 4.01. The molecular formula is C14H18BrFN2O2. The number of amides is 1. The molecule has 0 radical (unpaired) electrons. The van der Waals surface area contributed by atoms with E-state index in [1.54, 1.807) is 12.1 Å². The first-order valence-electron chi connectivity index (χ1n) is 6.63. The zero-order valence-electron chi connectivity index (χ0n) is 11.1. The van der Waals surface area contributed by atoms with E-state index < -0.39 is 17.6 Å². The Bertz CT molecular complexity index is 478. The van der Waals surface area contributed by atoms with Crippen molar-refractivity contribution in [2.75, 3.05) is 19.8 Å². The van der Waals surface area contributed by atoms with E-state index in [1.807, 2.05) is 0 Å². The second-order valence-electron chi connectivity index (χ2n) is 4.92. The number of nitrogens with two attached hydrogens (primary N) is 1. The summed E-state index contributed by atoms with van der Waals surface area (Å²) < 4.78 is 19.9. The van der Waals surface area contributed by atoms with Gasteiger partial charge >= 0.3 is 0 Å². The number of hydrogen-bond acceptors (Lipinski definition) is 3. The molecule has 1 aliphatic heterocycles. The predicted octanol–water partition coefficient (Wildman–Crippen LogP) is 1.93. The van der Waals surface area contributed by atoms with E-state index in [0.29, 0.717) is 35.8 Å². The van der Waals surface area contributed by atoms with Crippen LogP contribution in [0.25, 0.3) is 0 Å². The maximum atomic E-state index is 13.9. The lowest BCUT2D eigenvalue weighted by atomic mass is 9.97. The van der Waals surface area contributed by atoms with Crippen molar-refractivity contribution in [2.45, 2.75) is 24.8 Å². The zero-order chi connectivity index (χ0) is 14.5. The van der Waals surface area contributed by atoms with E-state index in [9.17, 15) is 9.18 Å². The largest absolute Gasteiger partial charge is 0.381 e. The number of rotatable bonds is 5. The molecule has 110 valence electrons. The van der Waals surface area contributed by atoms with Crippen LogP contribution in [-0.2, 0) is 9.53 Å². The van der Waals surface area contributed by atoms with Gasteiger partial charge in [0.05, 0.1) is 5.92 Å². The summed E-state index contributed by atoms with van der Waals surface area (Å²) in [6.07, 6.45) is 1.79. The summed E-state index contributed by atoms with van der Waals surface area (Å²) in [4.78, 5) is 11.6. The van der Waals surface area contributed by atoms with Gasteiger partial charge in [-0.15, -0.1) is 0 Å². The van der Waals surface area contributed by atoms with E-state index in [1.165, 1.54) is 6.07 Å². The first kappa shape index (κ1) is 15.4. The van der Waals surface area contributed by atoms with Crippen molar-refractivity contribution in [1.29, 1.82) is 0 Å². The van der Waals surface area contributed by atoms with Crippen molar-refractivity contribution < 1.29 is 13.9 Å². The maximum absolute atomic E-state index is 13.9. The average molecular weight is 345 g/mol. The van der Waals surface area contributed by atoms with Gasteiger partial charge in [-0.2, -0.15) is 0 Å². The molecule has 0 aliphatic carbocycles. The molecule has 1 aromatic carbocycles. The van der Waals surface area contributed by atoms with Crippen LogP contribution in [0, 0.1) is 5.82 Å².